The van der Waals surface area contributed by atoms with Crippen LogP contribution in [-0.2, 0) is 17.8 Å². The molecule has 25 heavy (non-hydrogen) atoms. The van der Waals surface area contributed by atoms with Gasteiger partial charge >= 0.3 is 0 Å². The van der Waals surface area contributed by atoms with Crippen LogP contribution in [0.5, 0.6) is 0 Å². The topological polar surface area (TPSA) is 68.4 Å². The maximum atomic E-state index is 12.9. The fourth-order valence-electron chi connectivity index (χ4n) is 3.61. The van der Waals surface area contributed by atoms with Crippen molar-refractivity contribution in [3.63, 3.8) is 0 Å². The Hall–Kier alpha value is -3.15. The number of nitro benzene ring substituents is 1. The van der Waals surface area contributed by atoms with Crippen molar-refractivity contribution in [2.24, 2.45) is 0 Å². The summed E-state index contributed by atoms with van der Waals surface area (Å²) in [4.78, 5) is 25.2. The lowest BCUT2D eigenvalue weighted by molar-refractivity contribution is -0.384. The molecule has 4 rings (SSSR count). The predicted octanol–water partition coefficient (Wildman–Crippen LogP) is 3.53. The molecule has 0 saturated heterocycles. The molecule has 0 bridgehead atoms. The number of nitro groups is 1. The molecule has 3 aromatic rings. The van der Waals surface area contributed by atoms with E-state index in [1.165, 1.54) is 17.7 Å². The van der Waals surface area contributed by atoms with E-state index in [4.69, 9.17) is 0 Å². The van der Waals surface area contributed by atoms with Gasteiger partial charge in [0.25, 0.3) is 5.69 Å². The molecule has 6 heteroatoms. The lowest BCUT2D eigenvalue weighted by Crippen LogP contribution is -2.37. The molecule has 0 unspecified atom stereocenters. The number of non-ortho nitro benzene ring substituents is 1. The lowest BCUT2D eigenvalue weighted by Gasteiger charge is -2.23. The van der Waals surface area contributed by atoms with Gasteiger partial charge in [0, 0.05) is 41.0 Å². The molecular weight excluding hydrogens is 318 g/mol. The highest BCUT2D eigenvalue weighted by Crippen LogP contribution is 2.32. The summed E-state index contributed by atoms with van der Waals surface area (Å²) in [5.74, 6) is 0.0216. The average molecular weight is 335 g/mol. The molecule has 126 valence electrons. The van der Waals surface area contributed by atoms with Crippen molar-refractivity contribution in [3.8, 4) is 0 Å². The number of rotatable bonds is 3. The quantitative estimate of drug-likeness (QED) is 0.543. The Morgan fingerprint density at radius 2 is 2.04 bits per heavy atom. The minimum absolute atomic E-state index is 0.0216. The normalized spacial score (nSPS) is 16.2. The molecule has 1 aromatic heterocycles. The fraction of sp³-hybridized carbons (Fsp3) is 0.211. The standard InChI is InChI=1S/C19H17N3O3/c1-13-10-14-4-2-3-5-18(14)21(13)19(23)12-20-9-8-15-11-16(22(24)25)6-7-17(15)20/h2-9,11,13H,10,12H2,1H3/t13-/m1/s1. The second-order valence-corrected chi connectivity index (χ2v) is 6.39. The summed E-state index contributed by atoms with van der Waals surface area (Å²) in [6, 6.07) is 14.6. The van der Waals surface area contributed by atoms with Gasteiger partial charge in [0.15, 0.2) is 0 Å². The third-order valence-electron chi connectivity index (χ3n) is 4.75. The maximum absolute atomic E-state index is 12.9. The smallest absolute Gasteiger partial charge is 0.270 e. The van der Waals surface area contributed by atoms with Gasteiger partial charge in [0.1, 0.15) is 6.54 Å². The highest BCUT2D eigenvalue weighted by Gasteiger charge is 2.30. The third-order valence-corrected chi connectivity index (χ3v) is 4.75. The van der Waals surface area contributed by atoms with Crippen LogP contribution < -0.4 is 4.90 Å². The Balaban J connectivity index is 1.63. The molecule has 2 aromatic carbocycles. The first-order chi connectivity index (χ1) is 12.0. The molecule has 1 amide bonds. The van der Waals surface area contributed by atoms with Gasteiger partial charge in [-0.2, -0.15) is 0 Å². The van der Waals surface area contributed by atoms with E-state index < -0.39 is 4.92 Å². The Morgan fingerprint density at radius 3 is 2.84 bits per heavy atom. The van der Waals surface area contributed by atoms with Crippen molar-refractivity contribution in [2.75, 3.05) is 4.90 Å². The number of fused-ring (bicyclic) bond motifs is 2. The minimum Gasteiger partial charge on any atom is -0.338 e. The summed E-state index contributed by atoms with van der Waals surface area (Å²) in [7, 11) is 0. The van der Waals surface area contributed by atoms with E-state index in [9.17, 15) is 14.9 Å². The van der Waals surface area contributed by atoms with Crippen molar-refractivity contribution in [2.45, 2.75) is 25.9 Å². The van der Waals surface area contributed by atoms with E-state index >= 15 is 0 Å². The van der Waals surface area contributed by atoms with Crippen molar-refractivity contribution in [1.29, 1.82) is 0 Å². The number of hydrogen-bond acceptors (Lipinski definition) is 3. The molecule has 0 aliphatic carbocycles. The zero-order chi connectivity index (χ0) is 17.6. The number of benzene rings is 2. The number of nitrogens with zero attached hydrogens (tertiary/aromatic N) is 3. The summed E-state index contributed by atoms with van der Waals surface area (Å²) >= 11 is 0. The molecule has 0 N–H and O–H groups in total. The van der Waals surface area contributed by atoms with Gasteiger partial charge in [0.2, 0.25) is 5.91 Å². The minimum atomic E-state index is -0.412. The Labute approximate surface area is 144 Å². The first kappa shape index (κ1) is 15.4. The number of para-hydroxylation sites is 1. The molecule has 0 radical (unpaired) electrons. The van der Waals surface area contributed by atoms with Gasteiger partial charge in [-0.3, -0.25) is 14.9 Å². The fourth-order valence-corrected chi connectivity index (χ4v) is 3.61. The van der Waals surface area contributed by atoms with Crippen LogP contribution in [0.3, 0.4) is 0 Å². The summed E-state index contributed by atoms with van der Waals surface area (Å²) in [6.45, 7) is 2.26. The molecule has 0 saturated carbocycles. The van der Waals surface area contributed by atoms with E-state index in [-0.39, 0.29) is 24.2 Å². The zero-order valence-corrected chi connectivity index (χ0v) is 13.8. The van der Waals surface area contributed by atoms with Crippen molar-refractivity contribution < 1.29 is 9.72 Å². The van der Waals surface area contributed by atoms with Crippen molar-refractivity contribution in [3.05, 3.63) is 70.4 Å². The largest absolute Gasteiger partial charge is 0.338 e. The SMILES string of the molecule is C[C@@H]1Cc2ccccc2N1C(=O)Cn1ccc2cc([N+](=O)[O-])ccc21. The number of carbonyl (C=O) groups excluding carboxylic acids is 1. The van der Waals surface area contributed by atoms with Crippen LogP contribution in [0, 0.1) is 10.1 Å². The Morgan fingerprint density at radius 1 is 1.24 bits per heavy atom. The second kappa shape index (κ2) is 5.73. The van der Waals surface area contributed by atoms with Gasteiger partial charge in [0.05, 0.1) is 4.92 Å². The summed E-state index contributed by atoms with van der Waals surface area (Å²) in [5.41, 5.74) is 3.04. The van der Waals surface area contributed by atoms with E-state index in [2.05, 4.69) is 13.0 Å². The van der Waals surface area contributed by atoms with Crippen molar-refractivity contribution >= 4 is 28.2 Å². The molecular formula is C19H17N3O3. The zero-order valence-electron chi connectivity index (χ0n) is 13.8. The van der Waals surface area contributed by atoms with E-state index in [0.29, 0.717) is 0 Å². The molecule has 6 nitrogen and oxygen atoms in total. The number of hydrogen-bond donors (Lipinski definition) is 0. The lowest BCUT2D eigenvalue weighted by atomic mass is 10.1. The molecule has 0 fully saturated rings. The summed E-state index contributed by atoms with van der Waals surface area (Å²) in [5, 5.41) is 11.7. The molecule has 1 aliphatic heterocycles. The highest BCUT2D eigenvalue weighted by atomic mass is 16.6. The molecule has 1 aliphatic rings. The van der Waals surface area contributed by atoms with Crippen LogP contribution in [-0.4, -0.2) is 21.4 Å². The van der Waals surface area contributed by atoms with Crippen LogP contribution in [0.1, 0.15) is 12.5 Å². The van der Waals surface area contributed by atoms with Crippen LogP contribution in [0.25, 0.3) is 10.9 Å². The monoisotopic (exact) mass is 335 g/mol. The number of aromatic nitrogens is 1. The van der Waals surface area contributed by atoms with Crippen molar-refractivity contribution in [1.82, 2.24) is 4.57 Å². The van der Waals surface area contributed by atoms with Gasteiger partial charge in [-0.05, 0) is 37.1 Å². The molecule has 0 spiro atoms. The average Bonchev–Trinajstić information content (AvgIpc) is 3.14. The summed E-state index contributed by atoms with van der Waals surface area (Å²) in [6.07, 6.45) is 2.67. The predicted molar refractivity (Wildman–Crippen MR) is 95.7 cm³/mol. The first-order valence-electron chi connectivity index (χ1n) is 8.18. The van der Waals surface area contributed by atoms with Crippen LogP contribution >= 0.6 is 0 Å². The van der Waals surface area contributed by atoms with Gasteiger partial charge in [-0.1, -0.05) is 18.2 Å². The van der Waals surface area contributed by atoms with E-state index in [0.717, 1.165) is 23.0 Å². The summed E-state index contributed by atoms with van der Waals surface area (Å²) < 4.78 is 1.84. The van der Waals surface area contributed by atoms with E-state index in [1.807, 2.05) is 27.7 Å². The maximum Gasteiger partial charge on any atom is 0.270 e. The van der Waals surface area contributed by atoms with Crippen LogP contribution in [0.2, 0.25) is 0 Å². The second-order valence-electron chi connectivity index (χ2n) is 6.39. The van der Waals surface area contributed by atoms with Gasteiger partial charge in [-0.15, -0.1) is 0 Å². The van der Waals surface area contributed by atoms with Gasteiger partial charge < -0.3 is 9.47 Å². The third kappa shape index (κ3) is 2.55. The Kier molecular flexibility index (Phi) is 3.53. The highest BCUT2D eigenvalue weighted by molar-refractivity contribution is 5.97. The first-order valence-corrected chi connectivity index (χ1v) is 8.18. The molecule has 2 heterocycles. The van der Waals surface area contributed by atoms with Crippen LogP contribution in [0.4, 0.5) is 11.4 Å². The number of anilines is 1. The number of amides is 1. The Bertz CT molecular complexity index is 992. The van der Waals surface area contributed by atoms with Gasteiger partial charge in [-0.25, -0.2) is 0 Å². The van der Waals surface area contributed by atoms with E-state index in [1.54, 1.807) is 18.3 Å². The number of carbonyl (C=O) groups is 1. The van der Waals surface area contributed by atoms with Crippen LogP contribution in [0.15, 0.2) is 54.7 Å². The molecule has 1 atom stereocenters.